The molecule has 6 nitrogen and oxygen atoms in total. The van der Waals surface area contributed by atoms with Crippen molar-refractivity contribution < 1.29 is 19.0 Å². The molecule has 35 heavy (non-hydrogen) atoms. The monoisotopic (exact) mass is 474 g/mol. The van der Waals surface area contributed by atoms with E-state index >= 15 is 0 Å². The third-order valence-electron chi connectivity index (χ3n) is 6.61. The van der Waals surface area contributed by atoms with Gasteiger partial charge in [0.25, 0.3) is 0 Å². The van der Waals surface area contributed by atoms with Gasteiger partial charge in [0, 0.05) is 19.1 Å². The fraction of sp³-hybridized carbons (Fsp3) is 0.345. The molecule has 0 aliphatic heterocycles. The smallest absolute Gasteiger partial charge is 0.234 e. The van der Waals surface area contributed by atoms with Gasteiger partial charge in [0.1, 0.15) is 0 Å². The van der Waals surface area contributed by atoms with Gasteiger partial charge in [-0.1, -0.05) is 54.1 Å². The summed E-state index contributed by atoms with van der Waals surface area (Å²) in [5, 5.41) is 3.08. The molecule has 0 aromatic heterocycles. The van der Waals surface area contributed by atoms with Crippen LogP contribution in [0.1, 0.15) is 40.3 Å². The summed E-state index contributed by atoms with van der Waals surface area (Å²) in [4.78, 5) is 15.4. The number of ether oxygens (including phenoxy) is 3. The molecule has 3 aromatic rings. The molecule has 184 valence electrons. The second-order valence-corrected chi connectivity index (χ2v) is 8.95. The molecule has 1 N–H and O–H groups in total. The molecule has 1 unspecified atom stereocenters. The van der Waals surface area contributed by atoms with Crippen LogP contribution in [-0.2, 0) is 24.3 Å². The molecular weight excluding hydrogens is 440 g/mol. The largest absolute Gasteiger partial charge is 0.493 e. The highest BCUT2D eigenvalue weighted by atomic mass is 16.5. The van der Waals surface area contributed by atoms with Crippen LogP contribution in [0.2, 0.25) is 0 Å². The van der Waals surface area contributed by atoms with Gasteiger partial charge in [-0.15, -0.1) is 0 Å². The van der Waals surface area contributed by atoms with E-state index in [0.717, 1.165) is 24.9 Å². The standard InChI is InChI=1S/C29H34N2O4/c1-20-9-11-21(12-10-20)18-31(25-14-13-23-7-5-6-8-24(23)25)19-28(32)30-17-22-15-26(33-2)29(35-4)27(16-22)34-3/h5-12,15-16,25H,13-14,17-19H2,1-4H3,(H,30,32). The van der Waals surface area contributed by atoms with Crippen molar-refractivity contribution >= 4 is 5.91 Å². The summed E-state index contributed by atoms with van der Waals surface area (Å²) < 4.78 is 16.3. The summed E-state index contributed by atoms with van der Waals surface area (Å²) in [6, 6.07) is 21.1. The molecule has 1 atom stereocenters. The van der Waals surface area contributed by atoms with E-state index in [2.05, 4.69) is 65.7 Å². The van der Waals surface area contributed by atoms with Crippen molar-refractivity contribution in [2.45, 2.75) is 38.9 Å². The number of nitrogens with one attached hydrogen (secondary N) is 1. The number of hydrogen-bond acceptors (Lipinski definition) is 5. The predicted octanol–water partition coefficient (Wildman–Crippen LogP) is 4.83. The van der Waals surface area contributed by atoms with Crippen LogP contribution >= 0.6 is 0 Å². The van der Waals surface area contributed by atoms with Gasteiger partial charge in [0.15, 0.2) is 11.5 Å². The molecule has 0 radical (unpaired) electrons. The number of hydrogen-bond donors (Lipinski definition) is 1. The Morgan fingerprint density at radius 1 is 0.943 bits per heavy atom. The zero-order chi connectivity index (χ0) is 24.8. The first-order valence-corrected chi connectivity index (χ1v) is 12.0. The number of amides is 1. The topological polar surface area (TPSA) is 60.0 Å². The lowest BCUT2D eigenvalue weighted by Crippen LogP contribution is -2.38. The zero-order valence-corrected chi connectivity index (χ0v) is 21.0. The van der Waals surface area contributed by atoms with Crippen molar-refractivity contribution in [2.24, 2.45) is 0 Å². The van der Waals surface area contributed by atoms with Crippen LogP contribution in [0.25, 0.3) is 0 Å². The summed E-state index contributed by atoms with van der Waals surface area (Å²) in [5.74, 6) is 1.66. The SMILES string of the molecule is COc1cc(CNC(=O)CN(Cc2ccc(C)cc2)C2CCc3ccccc32)cc(OC)c1OC. The fourth-order valence-corrected chi connectivity index (χ4v) is 4.80. The number of nitrogens with zero attached hydrogens (tertiary/aromatic N) is 1. The molecule has 0 fully saturated rings. The maximum Gasteiger partial charge on any atom is 0.234 e. The number of rotatable bonds is 10. The van der Waals surface area contributed by atoms with Crippen LogP contribution in [0, 0.1) is 6.92 Å². The molecular formula is C29H34N2O4. The summed E-state index contributed by atoms with van der Waals surface area (Å²) in [6.07, 6.45) is 2.06. The Labute approximate surface area is 207 Å². The van der Waals surface area contributed by atoms with Crippen LogP contribution in [0.4, 0.5) is 0 Å². The number of carbonyl (C=O) groups is 1. The lowest BCUT2D eigenvalue weighted by Gasteiger charge is -2.29. The average Bonchev–Trinajstić information content (AvgIpc) is 3.31. The normalized spacial score (nSPS) is 14.5. The van der Waals surface area contributed by atoms with E-state index in [1.165, 1.54) is 22.3 Å². The highest BCUT2D eigenvalue weighted by Gasteiger charge is 2.29. The minimum atomic E-state index is -0.0183. The van der Waals surface area contributed by atoms with Crippen LogP contribution in [0.5, 0.6) is 17.2 Å². The predicted molar refractivity (Wildman–Crippen MR) is 137 cm³/mol. The van der Waals surface area contributed by atoms with Crippen molar-refractivity contribution in [1.29, 1.82) is 0 Å². The Morgan fingerprint density at radius 3 is 2.29 bits per heavy atom. The molecule has 0 bridgehead atoms. The van der Waals surface area contributed by atoms with E-state index in [0.29, 0.717) is 30.3 Å². The van der Waals surface area contributed by atoms with Gasteiger partial charge in [-0.25, -0.2) is 0 Å². The minimum Gasteiger partial charge on any atom is -0.493 e. The Balaban J connectivity index is 1.49. The van der Waals surface area contributed by atoms with Gasteiger partial charge in [-0.2, -0.15) is 0 Å². The average molecular weight is 475 g/mol. The van der Waals surface area contributed by atoms with E-state index < -0.39 is 0 Å². The molecule has 0 heterocycles. The molecule has 1 aliphatic carbocycles. The summed E-state index contributed by atoms with van der Waals surface area (Å²) in [5.41, 5.74) is 6.03. The molecule has 1 amide bonds. The molecule has 0 saturated heterocycles. The van der Waals surface area contributed by atoms with Gasteiger partial charge in [-0.05, 0) is 54.2 Å². The summed E-state index contributed by atoms with van der Waals surface area (Å²) >= 11 is 0. The lowest BCUT2D eigenvalue weighted by atomic mass is 10.1. The fourth-order valence-electron chi connectivity index (χ4n) is 4.80. The van der Waals surface area contributed by atoms with Crippen LogP contribution in [-0.4, -0.2) is 38.7 Å². The first-order chi connectivity index (χ1) is 17.0. The Kier molecular flexibility index (Phi) is 7.93. The summed E-state index contributed by atoms with van der Waals surface area (Å²) in [6.45, 7) is 3.49. The first-order valence-electron chi connectivity index (χ1n) is 12.0. The number of aryl methyl sites for hydroxylation is 2. The maximum absolute atomic E-state index is 13.1. The lowest BCUT2D eigenvalue weighted by molar-refractivity contribution is -0.123. The highest BCUT2D eigenvalue weighted by molar-refractivity contribution is 5.78. The van der Waals surface area contributed by atoms with E-state index in [1.54, 1.807) is 21.3 Å². The Morgan fingerprint density at radius 2 is 1.63 bits per heavy atom. The van der Waals surface area contributed by atoms with Crippen molar-refractivity contribution in [3.63, 3.8) is 0 Å². The van der Waals surface area contributed by atoms with Crippen LogP contribution in [0.15, 0.2) is 60.7 Å². The van der Waals surface area contributed by atoms with E-state index in [-0.39, 0.29) is 11.9 Å². The van der Waals surface area contributed by atoms with Crippen LogP contribution in [0.3, 0.4) is 0 Å². The molecule has 1 aliphatic rings. The third-order valence-corrected chi connectivity index (χ3v) is 6.61. The Hall–Kier alpha value is -3.51. The van der Waals surface area contributed by atoms with E-state index in [1.807, 2.05) is 12.1 Å². The van der Waals surface area contributed by atoms with Crippen molar-refractivity contribution in [2.75, 3.05) is 27.9 Å². The van der Waals surface area contributed by atoms with Gasteiger partial charge in [0.05, 0.1) is 27.9 Å². The van der Waals surface area contributed by atoms with Crippen molar-refractivity contribution in [3.8, 4) is 17.2 Å². The number of benzene rings is 3. The molecule has 4 rings (SSSR count). The molecule has 0 spiro atoms. The minimum absolute atomic E-state index is 0.0183. The van der Waals surface area contributed by atoms with Crippen molar-refractivity contribution in [1.82, 2.24) is 10.2 Å². The zero-order valence-electron chi connectivity index (χ0n) is 21.0. The third kappa shape index (κ3) is 5.77. The second-order valence-electron chi connectivity index (χ2n) is 8.95. The molecule has 6 heteroatoms. The number of fused-ring (bicyclic) bond motifs is 1. The van der Waals surface area contributed by atoms with Gasteiger partial charge in [0.2, 0.25) is 11.7 Å². The maximum atomic E-state index is 13.1. The molecule has 0 saturated carbocycles. The molecule has 3 aromatic carbocycles. The van der Waals surface area contributed by atoms with Gasteiger partial charge in [-0.3, -0.25) is 9.69 Å². The quantitative estimate of drug-likeness (QED) is 0.456. The van der Waals surface area contributed by atoms with Crippen molar-refractivity contribution in [3.05, 3.63) is 88.5 Å². The number of methoxy groups -OCH3 is 3. The van der Waals surface area contributed by atoms with Crippen LogP contribution < -0.4 is 19.5 Å². The van der Waals surface area contributed by atoms with Gasteiger partial charge >= 0.3 is 0 Å². The Bertz CT molecular complexity index is 1130. The summed E-state index contributed by atoms with van der Waals surface area (Å²) in [7, 11) is 4.75. The van der Waals surface area contributed by atoms with E-state index in [4.69, 9.17) is 14.2 Å². The highest BCUT2D eigenvalue weighted by Crippen LogP contribution is 2.38. The second kappa shape index (κ2) is 11.3. The first kappa shape index (κ1) is 24.6. The number of carbonyl (C=O) groups excluding carboxylic acids is 1. The van der Waals surface area contributed by atoms with E-state index in [9.17, 15) is 4.79 Å². The van der Waals surface area contributed by atoms with Gasteiger partial charge < -0.3 is 19.5 Å².